The Balaban J connectivity index is 1.63. The summed E-state index contributed by atoms with van der Waals surface area (Å²) < 4.78 is 7.70. The third kappa shape index (κ3) is 2.39. The number of benzene rings is 1. The van der Waals surface area contributed by atoms with Crippen molar-refractivity contribution in [3.63, 3.8) is 0 Å². The van der Waals surface area contributed by atoms with Crippen molar-refractivity contribution in [3.8, 4) is 22.8 Å². The van der Waals surface area contributed by atoms with E-state index < -0.39 is 0 Å². The lowest BCUT2D eigenvalue weighted by Gasteiger charge is -2.25. The van der Waals surface area contributed by atoms with Crippen LogP contribution in [0.2, 0.25) is 0 Å². The van der Waals surface area contributed by atoms with Gasteiger partial charge in [-0.1, -0.05) is 24.3 Å². The second-order valence-electron chi connectivity index (χ2n) is 5.31. The van der Waals surface area contributed by atoms with E-state index in [1.54, 1.807) is 0 Å². The van der Waals surface area contributed by atoms with Gasteiger partial charge in [0.25, 0.3) is 0 Å². The Kier molecular flexibility index (Phi) is 3.40. The van der Waals surface area contributed by atoms with E-state index in [1.165, 1.54) is 0 Å². The zero-order chi connectivity index (χ0) is 14.8. The molecule has 0 unspecified atom stereocenters. The van der Waals surface area contributed by atoms with Crippen molar-refractivity contribution >= 4 is 0 Å². The van der Waals surface area contributed by atoms with E-state index in [2.05, 4.69) is 36.4 Å². The number of aromatic nitrogens is 6. The molecule has 0 bridgehead atoms. The highest BCUT2D eigenvalue weighted by Gasteiger charge is 2.18. The van der Waals surface area contributed by atoms with Crippen molar-refractivity contribution in [2.75, 3.05) is 13.2 Å². The smallest absolute Gasteiger partial charge is 0.204 e. The molecular formula is C15H16N6O. The summed E-state index contributed by atoms with van der Waals surface area (Å²) in [4.78, 5) is 4.53. The topological polar surface area (TPSA) is 81.5 Å². The van der Waals surface area contributed by atoms with Gasteiger partial charge < -0.3 is 9.30 Å². The molecule has 3 heterocycles. The van der Waals surface area contributed by atoms with Crippen molar-refractivity contribution < 1.29 is 4.74 Å². The van der Waals surface area contributed by atoms with Crippen molar-refractivity contribution in [2.24, 2.45) is 0 Å². The third-order valence-electron chi connectivity index (χ3n) is 4.00. The first-order valence-electron chi connectivity index (χ1n) is 7.36. The molecule has 1 aromatic carbocycles. The van der Waals surface area contributed by atoms with Crippen LogP contribution >= 0.6 is 0 Å². The van der Waals surface area contributed by atoms with E-state index in [4.69, 9.17) is 4.74 Å². The van der Waals surface area contributed by atoms with Gasteiger partial charge in [0.05, 0.1) is 0 Å². The SMILES string of the molecule is c1cn(C2CCOCC2)c(-c2ccc(-c3nn[nH]n3)cc2)n1. The number of hydrogen-bond acceptors (Lipinski definition) is 5. The Morgan fingerprint density at radius 3 is 2.59 bits per heavy atom. The molecule has 0 radical (unpaired) electrons. The van der Waals surface area contributed by atoms with Crippen LogP contribution in [0.4, 0.5) is 0 Å². The largest absolute Gasteiger partial charge is 0.381 e. The van der Waals surface area contributed by atoms with Gasteiger partial charge in [0.15, 0.2) is 0 Å². The van der Waals surface area contributed by atoms with Crippen molar-refractivity contribution in [2.45, 2.75) is 18.9 Å². The lowest BCUT2D eigenvalue weighted by molar-refractivity contribution is 0.0700. The molecule has 0 amide bonds. The predicted molar refractivity (Wildman–Crippen MR) is 79.9 cm³/mol. The lowest BCUT2D eigenvalue weighted by atomic mass is 10.1. The molecule has 7 heteroatoms. The van der Waals surface area contributed by atoms with E-state index in [1.807, 2.05) is 30.5 Å². The Morgan fingerprint density at radius 1 is 1.09 bits per heavy atom. The molecule has 4 rings (SSSR count). The molecule has 0 atom stereocenters. The number of tetrazole rings is 1. The minimum atomic E-state index is 0.461. The fourth-order valence-electron chi connectivity index (χ4n) is 2.85. The summed E-state index contributed by atoms with van der Waals surface area (Å²) in [5.41, 5.74) is 2.02. The minimum Gasteiger partial charge on any atom is -0.381 e. The van der Waals surface area contributed by atoms with Crippen LogP contribution in [0, 0.1) is 0 Å². The zero-order valence-corrected chi connectivity index (χ0v) is 12.0. The van der Waals surface area contributed by atoms with Gasteiger partial charge in [-0.25, -0.2) is 4.98 Å². The fraction of sp³-hybridized carbons (Fsp3) is 0.333. The maximum Gasteiger partial charge on any atom is 0.204 e. The molecule has 2 aromatic heterocycles. The first-order chi connectivity index (χ1) is 10.9. The minimum absolute atomic E-state index is 0.461. The third-order valence-corrected chi connectivity index (χ3v) is 4.00. The molecule has 1 fully saturated rings. The van der Waals surface area contributed by atoms with Crippen LogP contribution in [0.15, 0.2) is 36.7 Å². The fourth-order valence-corrected chi connectivity index (χ4v) is 2.85. The van der Waals surface area contributed by atoms with Gasteiger partial charge in [0.2, 0.25) is 5.82 Å². The average Bonchev–Trinajstić information content (AvgIpc) is 3.28. The van der Waals surface area contributed by atoms with E-state index in [9.17, 15) is 0 Å². The number of aromatic amines is 1. The monoisotopic (exact) mass is 296 g/mol. The van der Waals surface area contributed by atoms with Gasteiger partial charge in [-0.3, -0.25) is 0 Å². The Hall–Kier alpha value is -2.54. The van der Waals surface area contributed by atoms with Gasteiger partial charge in [-0.05, 0) is 18.1 Å². The maximum absolute atomic E-state index is 5.44. The number of imidazole rings is 1. The number of H-pyrrole nitrogens is 1. The first-order valence-corrected chi connectivity index (χ1v) is 7.36. The van der Waals surface area contributed by atoms with Gasteiger partial charge in [0, 0.05) is 42.8 Å². The molecular weight excluding hydrogens is 280 g/mol. The molecule has 0 aliphatic carbocycles. The number of nitrogens with zero attached hydrogens (tertiary/aromatic N) is 5. The van der Waals surface area contributed by atoms with E-state index in [-0.39, 0.29) is 0 Å². The van der Waals surface area contributed by atoms with E-state index >= 15 is 0 Å². The van der Waals surface area contributed by atoms with Gasteiger partial charge in [-0.15, -0.1) is 10.2 Å². The highest BCUT2D eigenvalue weighted by molar-refractivity contribution is 5.63. The molecule has 1 aliphatic heterocycles. The second kappa shape index (κ2) is 5.69. The molecule has 3 aromatic rings. The van der Waals surface area contributed by atoms with Gasteiger partial charge >= 0.3 is 0 Å². The molecule has 1 N–H and O–H groups in total. The summed E-state index contributed by atoms with van der Waals surface area (Å²) in [7, 11) is 0. The molecule has 7 nitrogen and oxygen atoms in total. The quantitative estimate of drug-likeness (QED) is 0.800. The van der Waals surface area contributed by atoms with Crippen LogP contribution in [0.3, 0.4) is 0 Å². The number of rotatable bonds is 3. The average molecular weight is 296 g/mol. The maximum atomic E-state index is 5.44. The number of nitrogens with one attached hydrogen (secondary N) is 1. The highest BCUT2D eigenvalue weighted by atomic mass is 16.5. The van der Waals surface area contributed by atoms with Crippen LogP contribution in [0.25, 0.3) is 22.8 Å². The van der Waals surface area contributed by atoms with Crippen LogP contribution in [0.1, 0.15) is 18.9 Å². The van der Waals surface area contributed by atoms with Crippen LogP contribution < -0.4 is 0 Å². The van der Waals surface area contributed by atoms with Crippen LogP contribution in [0.5, 0.6) is 0 Å². The highest BCUT2D eigenvalue weighted by Crippen LogP contribution is 2.28. The summed E-state index contributed by atoms with van der Waals surface area (Å²) in [6, 6.07) is 8.53. The van der Waals surface area contributed by atoms with E-state index in [0.29, 0.717) is 11.9 Å². The summed E-state index contributed by atoms with van der Waals surface area (Å²) in [6.45, 7) is 1.64. The van der Waals surface area contributed by atoms with Crippen LogP contribution in [-0.2, 0) is 4.74 Å². The molecule has 1 saturated heterocycles. The van der Waals surface area contributed by atoms with E-state index in [0.717, 1.165) is 43.0 Å². The second-order valence-corrected chi connectivity index (χ2v) is 5.31. The number of hydrogen-bond donors (Lipinski definition) is 1. The molecule has 112 valence electrons. The zero-order valence-electron chi connectivity index (χ0n) is 12.0. The van der Waals surface area contributed by atoms with Crippen molar-refractivity contribution in [1.82, 2.24) is 30.2 Å². The molecule has 0 spiro atoms. The number of ether oxygens (including phenoxy) is 1. The Morgan fingerprint density at radius 2 is 1.86 bits per heavy atom. The summed E-state index contributed by atoms with van der Waals surface area (Å²) in [5.74, 6) is 1.59. The summed E-state index contributed by atoms with van der Waals surface area (Å²) in [5, 5.41) is 14.0. The van der Waals surface area contributed by atoms with Crippen LogP contribution in [-0.4, -0.2) is 43.4 Å². The molecule has 1 aliphatic rings. The first kappa shape index (κ1) is 13.1. The van der Waals surface area contributed by atoms with Gasteiger partial charge in [0.1, 0.15) is 5.82 Å². The predicted octanol–water partition coefficient (Wildman–Crippen LogP) is 2.08. The lowest BCUT2D eigenvalue weighted by Crippen LogP contribution is -2.19. The summed E-state index contributed by atoms with van der Waals surface area (Å²) >= 11 is 0. The van der Waals surface area contributed by atoms with Gasteiger partial charge in [-0.2, -0.15) is 5.21 Å². The molecule has 22 heavy (non-hydrogen) atoms. The summed E-state index contributed by atoms with van der Waals surface area (Å²) in [6.07, 6.45) is 5.98. The standard InChI is InChI=1S/C15H16N6O/c1-3-12(4-2-11(1)14-17-19-20-18-14)15-16-7-8-21(15)13-5-9-22-10-6-13/h1-4,7-8,13H,5-6,9-10H2,(H,17,18,19,20). The van der Waals surface area contributed by atoms with Crippen molar-refractivity contribution in [1.29, 1.82) is 0 Å². The Labute approximate surface area is 127 Å². The molecule has 0 saturated carbocycles. The normalized spacial score (nSPS) is 16.0. The Bertz CT molecular complexity index is 728. The van der Waals surface area contributed by atoms with Crippen molar-refractivity contribution in [3.05, 3.63) is 36.7 Å².